The predicted molar refractivity (Wildman–Crippen MR) is 75.7 cm³/mol. The smallest absolute Gasteiger partial charge is 0.326 e. The van der Waals surface area contributed by atoms with Gasteiger partial charge >= 0.3 is 5.97 Å². The fourth-order valence-electron chi connectivity index (χ4n) is 1.46. The Labute approximate surface area is 118 Å². The molecule has 0 aliphatic rings. The summed E-state index contributed by atoms with van der Waals surface area (Å²) in [6.45, 7) is 2.68. The number of aryl methyl sites for hydroxylation is 1. The maximum absolute atomic E-state index is 10.7. The van der Waals surface area contributed by atoms with E-state index >= 15 is 0 Å². The summed E-state index contributed by atoms with van der Waals surface area (Å²) in [7, 11) is 0. The first-order valence-corrected chi connectivity index (χ1v) is 7.41. The van der Waals surface area contributed by atoms with Gasteiger partial charge in [-0.15, -0.1) is 22.7 Å². The van der Waals surface area contributed by atoms with Crippen molar-refractivity contribution in [2.45, 2.75) is 19.4 Å². The third-order valence-electron chi connectivity index (χ3n) is 2.43. The van der Waals surface area contributed by atoms with Crippen LogP contribution in [0.3, 0.4) is 0 Å². The van der Waals surface area contributed by atoms with Gasteiger partial charge in [-0.2, -0.15) is 0 Å². The molecule has 0 aromatic carbocycles. The molecule has 0 aliphatic carbocycles. The quantitative estimate of drug-likeness (QED) is 0.749. The van der Waals surface area contributed by atoms with Gasteiger partial charge in [0, 0.05) is 23.7 Å². The minimum absolute atomic E-state index is 0.379. The van der Waals surface area contributed by atoms with Crippen molar-refractivity contribution < 1.29 is 9.90 Å². The van der Waals surface area contributed by atoms with Crippen LogP contribution in [0.15, 0.2) is 10.8 Å². The van der Waals surface area contributed by atoms with Crippen molar-refractivity contribution >= 4 is 33.8 Å². The maximum Gasteiger partial charge on any atom is 0.326 e. The molecular formula is C11H14N4O2S2. The minimum atomic E-state index is -1.07. The second-order valence-electron chi connectivity index (χ2n) is 3.93. The highest BCUT2D eigenvalue weighted by molar-refractivity contribution is 7.13. The first-order chi connectivity index (χ1) is 9.06. The maximum atomic E-state index is 10.7. The lowest BCUT2D eigenvalue weighted by Gasteiger charge is -2.02. The highest BCUT2D eigenvalue weighted by Crippen LogP contribution is 2.19. The molecule has 8 heteroatoms. The van der Waals surface area contributed by atoms with Gasteiger partial charge in [0.2, 0.25) is 0 Å². The number of anilines is 1. The molecule has 1 unspecified atom stereocenters. The number of carbonyl (C=O) groups is 1. The Morgan fingerprint density at radius 3 is 2.89 bits per heavy atom. The zero-order valence-electron chi connectivity index (χ0n) is 10.3. The van der Waals surface area contributed by atoms with Crippen LogP contribution in [0.4, 0.5) is 5.13 Å². The standard InChI is InChI=1S/C11H14N4O2S2/c1-6-14-7(4-18-6)2-3-13-11-15-8(5-19-11)9(12)10(16)17/h4-5,9H,2-3,12H2,1H3,(H,13,15)(H,16,17). The van der Waals surface area contributed by atoms with E-state index in [-0.39, 0.29) is 0 Å². The van der Waals surface area contributed by atoms with Crippen molar-refractivity contribution in [2.24, 2.45) is 5.73 Å². The molecule has 0 radical (unpaired) electrons. The Morgan fingerprint density at radius 1 is 1.47 bits per heavy atom. The van der Waals surface area contributed by atoms with E-state index in [9.17, 15) is 4.79 Å². The Morgan fingerprint density at radius 2 is 2.26 bits per heavy atom. The Kier molecular flexibility index (Phi) is 4.46. The van der Waals surface area contributed by atoms with E-state index in [1.807, 2.05) is 12.3 Å². The van der Waals surface area contributed by atoms with E-state index in [1.165, 1.54) is 11.3 Å². The topological polar surface area (TPSA) is 101 Å². The van der Waals surface area contributed by atoms with Crippen LogP contribution in [0.2, 0.25) is 0 Å². The summed E-state index contributed by atoms with van der Waals surface area (Å²) in [6.07, 6.45) is 0.810. The first kappa shape index (κ1) is 13.9. The van der Waals surface area contributed by atoms with E-state index in [0.717, 1.165) is 17.1 Å². The highest BCUT2D eigenvalue weighted by atomic mass is 32.1. The molecule has 2 heterocycles. The summed E-state index contributed by atoms with van der Waals surface area (Å²) < 4.78 is 0. The van der Waals surface area contributed by atoms with Crippen LogP contribution in [-0.4, -0.2) is 27.6 Å². The molecular weight excluding hydrogens is 284 g/mol. The van der Waals surface area contributed by atoms with Crippen LogP contribution >= 0.6 is 22.7 Å². The van der Waals surface area contributed by atoms with Crippen molar-refractivity contribution in [3.63, 3.8) is 0 Å². The third-order valence-corrected chi connectivity index (χ3v) is 4.07. The monoisotopic (exact) mass is 298 g/mol. The van der Waals surface area contributed by atoms with Crippen molar-refractivity contribution in [3.05, 3.63) is 27.2 Å². The molecule has 4 N–H and O–H groups in total. The molecule has 0 saturated heterocycles. The molecule has 2 aromatic heterocycles. The number of nitrogens with zero attached hydrogens (tertiary/aromatic N) is 2. The molecule has 0 amide bonds. The van der Waals surface area contributed by atoms with Gasteiger partial charge in [-0.1, -0.05) is 0 Å². The molecule has 0 bridgehead atoms. The van der Waals surface area contributed by atoms with Crippen LogP contribution in [0.25, 0.3) is 0 Å². The van der Waals surface area contributed by atoms with Crippen molar-refractivity contribution in [1.29, 1.82) is 0 Å². The second-order valence-corrected chi connectivity index (χ2v) is 5.85. The average molecular weight is 298 g/mol. The lowest BCUT2D eigenvalue weighted by Crippen LogP contribution is -2.21. The highest BCUT2D eigenvalue weighted by Gasteiger charge is 2.17. The van der Waals surface area contributed by atoms with Gasteiger partial charge in [-0.3, -0.25) is 4.79 Å². The number of rotatable bonds is 6. The summed E-state index contributed by atoms with van der Waals surface area (Å²) in [5.74, 6) is -1.07. The van der Waals surface area contributed by atoms with Crippen LogP contribution < -0.4 is 11.1 Å². The lowest BCUT2D eigenvalue weighted by molar-refractivity contribution is -0.138. The largest absolute Gasteiger partial charge is 0.480 e. The number of thiazole rings is 2. The average Bonchev–Trinajstić information content (AvgIpc) is 2.98. The number of aromatic nitrogens is 2. The van der Waals surface area contributed by atoms with Gasteiger partial charge in [0.1, 0.15) is 6.04 Å². The molecule has 19 heavy (non-hydrogen) atoms. The predicted octanol–water partition coefficient (Wildman–Crippen LogP) is 1.65. The first-order valence-electron chi connectivity index (χ1n) is 5.65. The van der Waals surface area contributed by atoms with Gasteiger partial charge in [-0.05, 0) is 6.92 Å². The number of nitrogens with two attached hydrogens (primary N) is 1. The van der Waals surface area contributed by atoms with E-state index in [2.05, 4.69) is 15.3 Å². The number of nitrogens with one attached hydrogen (secondary N) is 1. The molecule has 0 fully saturated rings. The minimum Gasteiger partial charge on any atom is -0.480 e. The van der Waals surface area contributed by atoms with Gasteiger partial charge in [-0.25, -0.2) is 9.97 Å². The molecule has 6 nitrogen and oxygen atoms in total. The van der Waals surface area contributed by atoms with Crippen LogP contribution in [0, 0.1) is 6.92 Å². The number of carboxylic acids is 1. The fraction of sp³-hybridized carbons (Fsp3) is 0.364. The molecule has 1 atom stereocenters. The van der Waals surface area contributed by atoms with Crippen LogP contribution in [-0.2, 0) is 11.2 Å². The van der Waals surface area contributed by atoms with Gasteiger partial charge in [0.05, 0.1) is 16.4 Å². The van der Waals surface area contributed by atoms with E-state index in [0.29, 0.717) is 17.4 Å². The van der Waals surface area contributed by atoms with Crippen LogP contribution in [0.1, 0.15) is 22.4 Å². The molecule has 2 rings (SSSR count). The Bertz CT molecular complexity index is 567. The Balaban J connectivity index is 1.85. The molecule has 0 spiro atoms. The van der Waals surface area contributed by atoms with E-state index < -0.39 is 12.0 Å². The zero-order valence-corrected chi connectivity index (χ0v) is 11.9. The summed E-state index contributed by atoms with van der Waals surface area (Å²) in [5.41, 5.74) is 6.91. The Hall–Kier alpha value is -1.51. The SMILES string of the molecule is Cc1nc(CCNc2nc(C(N)C(=O)O)cs2)cs1. The number of carboxylic acid groups (broad SMARTS) is 1. The number of hydrogen-bond donors (Lipinski definition) is 3. The summed E-state index contributed by atoms with van der Waals surface area (Å²) in [4.78, 5) is 19.2. The fourth-order valence-corrected chi connectivity index (χ4v) is 2.88. The summed E-state index contributed by atoms with van der Waals surface area (Å²) in [5, 5.41) is 17.4. The van der Waals surface area contributed by atoms with Crippen molar-refractivity contribution in [3.8, 4) is 0 Å². The van der Waals surface area contributed by atoms with Gasteiger partial charge < -0.3 is 16.2 Å². The zero-order chi connectivity index (χ0) is 13.8. The van der Waals surface area contributed by atoms with Gasteiger partial charge in [0.25, 0.3) is 0 Å². The van der Waals surface area contributed by atoms with E-state index in [1.54, 1.807) is 16.7 Å². The van der Waals surface area contributed by atoms with E-state index in [4.69, 9.17) is 10.8 Å². The third kappa shape index (κ3) is 3.72. The summed E-state index contributed by atoms with van der Waals surface area (Å²) >= 11 is 2.98. The van der Waals surface area contributed by atoms with Crippen LogP contribution in [0.5, 0.6) is 0 Å². The summed E-state index contributed by atoms with van der Waals surface area (Å²) in [6, 6.07) is -1.06. The lowest BCUT2D eigenvalue weighted by atomic mass is 10.2. The van der Waals surface area contributed by atoms with Gasteiger partial charge in [0.15, 0.2) is 5.13 Å². The molecule has 0 aliphatic heterocycles. The van der Waals surface area contributed by atoms with Crippen molar-refractivity contribution in [2.75, 3.05) is 11.9 Å². The normalized spacial score (nSPS) is 12.3. The molecule has 0 saturated carbocycles. The number of aliphatic carboxylic acids is 1. The molecule has 102 valence electrons. The van der Waals surface area contributed by atoms with Crippen molar-refractivity contribution in [1.82, 2.24) is 9.97 Å². The second kappa shape index (κ2) is 6.09. The number of hydrogen-bond acceptors (Lipinski definition) is 7. The molecule has 2 aromatic rings.